The van der Waals surface area contributed by atoms with E-state index in [4.69, 9.17) is 0 Å². The maximum absolute atomic E-state index is 9.32. The quantitative estimate of drug-likeness (QED) is 0.866. The zero-order valence-electron chi connectivity index (χ0n) is 14.8. The molecule has 2 aromatic carbocycles. The Balaban J connectivity index is 1.45. The molecule has 0 bridgehead atoms. The number of benzene rings is 2. The van der Waals surface area contributed by atoms with Gasteiger partial charge in [0.25, 0.3) is 0 Å². The van der Waals surface area contributed by atoms with Crippen molar-refractivity contribution in [3.63, 3.8) is 0 Å². The Morgan fingerprint density at radius 2 is 1.72 bits per heavy atom. The highest BCUT2D eigenvalue weighted by atomic mass is 16.3. The van der Waals surface area contributed by atoms with Crippen molar-refractivity contribution in [2.24, 2.45) is 5.92 Å². The molecule has 3 heteroatoms. The number of anilines is 1. The molecule has 4 rings (SSSR count). The lowest BCUT2D eigenvalue weighted by Crippen LogP contribution is -2.34. The van der Waals surface area contributed by atoms with E-state index in [2.05, 4.69) is 58.7 Å². The Morgan fingerprint density at radius 3 is 2.56 bits per heavy atom. The second-order valence-electron chi connectivity index (χ2n) is 7.49. The van der Waals surface area contributed by atoms with Crippen LogP contribution in [0.2, 0.25) is 0 Å². The summed E-state index contributed by atoms with van der Waals surface area (Å²) in [6.45, 7) is 3.51. The number of nitrogens with one attached hydrogen (secondary N) is 1. The summed E-state index contributed by atoms with van der Waals surface area (Å²) in [4.78, 5) is 2.52. The van der Waals surface area contributed by atoms with Crippen LogP contribution in [0.15, 0.2) is 48.5 Å². The molecule has 1 atom stereocenters. The van der Waals surface area contributed by atoms with E-state index in [0.29, 0.717) is 18.6 Å². The molecule has 1 heterocycles. The first-order valence-corrected chi connectivity index (χ1v) is 9.59. The third kappa shape index (κ3) is 3.73. The van der Waals surface area contributed by atoms with Crippen LogP contribution in [-0.4, -0.2) is 29.7 Å². The van der Waals surface area contributed by atoms with Crippen molar-refractivity contribution in [2.45, 2.75) is 38.3 Å². The van der Waals surface area contributed by atoms with E-state index in [9.17, 15) is 5.11 Å². The molecule has 1 unspecified atom stereocenters. The SMILES string of the molecule is OCC1CCN(Cc2ccccc2NC2CCc3ccccc32)CC1. The number of aliphatic hydroxyl groups excluding tert-OH is 1. The summed E-state index contributed by atoms with van der Waals surface area (Å²) in [6, 6.07) is 18.0. The Kier molecular flexibility index (Phi) is 5.04. The van der Waals surface area contributed by atoms with Gasteiger partial charge in [0.1, 0.15) is 0 Å². The van der Waals surface area contributed by atoms with Crippen LogP contribution in [0, 0.1) is 5.92 Å². The van der Waals surface area contributed by atoms with Crippen molar-refractivity contribution in [1.29, 1.82) is 0 Å². The van der Waals surface area contributed by atoms with E-state index in [1.807, 2.05) is 0 Å². The topological polar surface area (TPSA) is 35.5 Å². The number of hydrogen-bond donors (Lipinski definition) is 2. The van der Waals surface area contributed by atoms with Crippen molar-refractivity contribution in [3.8, 4) is 0 Å². The number of piperidine rings is 1. The van der Waals surface area contributed by atoms with Crippen LogP contribution < -0.4 is 5.32 Å². The van der Waals surface area contributed by atoms with Gasteiger partial charge in [-0.15, -0.1) is 0 Å². The first-order valence-electron chi connectivity index (χ1n) is 9.59. The molecule has 1 aliphatic heterocycles. The molecule has 2 N–H and O–H groups in total. The van der Waals surface area contributed by atoms with Crippen LogP contribution in [0.1, 0.15) is 42.0 Å². The standard InChI is InChI=1S/C22H28N2O/c25-16-17-11-13-24(14-12-17)15-19-6-2-4-8-21(19)23-22-10-9-18-5-1-3-7-20(18)22/h1-8,17,22-23,25H,9-16H2. The van der Waals surface area contributed by atoms with Gasteiger partial charge in [-0.05, 0) is 67.4 Å². The van der Waals surface area contributed by atoms with E-state index in [1.165, 1.54) is 35.2 Å². The molecule has 1 fully saturated rings. The fraction of sp³-hybridized carbons (Fsp3) is 0.455. The van der Waals surface area contributed by atoms with Gasteiger partial charge in [-0.1, -0.05) is 42.5 Å². The summed E-state index contributed by atoms with van der Waals surface area (Å²) < 4.78 is 0. The number of para-hydroxylation sites is 1. The van der Waals surface area contributed by atoms with E-state index in [-0.39, 0.29) is 0 Å². The Bertz CT molecular complexity index is 707. The van der Waals surface area contributed by atoms with Crippen molar-refractivity contribution >= 4 is 5.69 Å². The maximum atomic E-state index is 9.32. The van der Waals surface area contributed by atoms with Crippen molar-refractivity contribution < 1.29 is 5.11 Å². The molecule has 2 aliphatic rings. The van der Waals surface area contributed by atoms with Gasteiger partial charge in [-0.3, -0.25) is 4.90 Å². The smallest absolute Gasteiger partial charge is 0.0519 e. The minimum absolute atomic E-state index is 0.340. The number of nitrogens with zero attached hydrogens (tertiary/aromatic N) is 1. The lowest BCUT2D eigenvalue weighted by Gasteiger charge is -2.31. The summed E-state index contributed by atoms with van der Waals surface area (Å²) >= 11 is 0. The molecular formula is C22H28N2O. The Labute approximate surface area is 150 Å². The third-order valence-electron chi connectivity index (χ3n) is 5.84. The zero-order chi connectivity index (χ0) is 17.1. The molecule has 0 spiro atoms. The first-order chi connectivity index (χ1) is 12.3. The third-order valence-corrected chi connectivity index (χ3v) is 5.84. The molecule has 0 saturated carbocycles. The van der Waals surface area contributed by atoms with Gasteiger partial charge in [-0.2, -0.15) is 0 Å². The second-order valence-corrected chi connectivity index (χ2v) is 7.49. The summed E-state index contributed by atoms with van der Waals surface area (Å²) in [5.41, 5.74) is 5.60. The predicted octanol–water partition coefficient (Wildman–Crippen LogP) is 3.99. The average molecular weight is 336 g/mol. The fourth-order valence-electron chi connectivity index (χ4n) is 4.26. The molecule has 0 amide bonds. The van der Waals surface area contributed by atoms with Crippen molar-refractivity contribution in [2.75, 3.05) is 25.0 Å². The summed E-state index contributed by atoms with van der Waals surface area (Å²) in [6.07, 6.45) is 4.57. The molecule has 132 valence electrons. The molecule has 1 saturated heterocycles. The van der Waals surface area contributed by atoms with Crippen molar-refractivity contribution in [1.82, 2.24) is 4.90 Å². The number of aliphatic hydroxyl groups is 1. The van der Waals surface area contributed by atoms with E-state index >= 15 is 0 Å². The highest BCUT2D eigenvalue weighted by Crippen LogP contribution is 2.34. The molecular weight excluding hydrogens is 308 g/mol. The van der Waals surface area contributed by atoms with Gasteiger partial charge >= 0.3 is 0 Å². The van der Waals surface area contributed by atoms with Crippen LogP contribution in [-0.2, 0) is 13.0 Å². The van der Waals surface area contributed by atoms with Crippen LogP contribution in [0.3, 0.4) is 0 Å². The largest absolute Gasteiger partial charge is 0.396 e. The Hall–Kier alpha value is -1.84. The monoisotopic (exact) mass is 336 g/mol. The normalized spacial score (nSPS) is 21.2. The van der Waals surface area contributed by atoms with E-state index in [1.54, 1.807) is 0 Å². The number of hydrogen-bond acceptors (Lipinski definition) is 3. The van der Waals surface area contributed by atoms with Gasteiger partial charge in [0, 0.05) is 18.8 Å². The van der Waals surface area contributed by atoms with Gasteiger partial charge < -0.3 is 10.4 Å². The van der Waals surface area contributed by atoms with Gasteiger partial charge in [0.05, 0.1) is 6.04 Å². The van der Waals surface area contributed by atoms with Crippen LogP contribution >= 0.6 is 0 Å². The molecule has 0 radical (unpaired) electrons. The fourth-order valence-corrected chi connectivity index (χ4v) is 4.26. The number of fused-ring (bicyclic) bond motifs is 1. The summed E-state index contributed by atoms with van der Waals surface area (Å²) in [7, 11) is 0. The molecule has 1 aliphatic carbocycles. The minimum Gasteiger partial charge on any atom is -0.396 e. The Morgan fingerprint density at radius 1 is 0.960 bits per heavy atom. The van der Waals surface area contributed by atoms with Gasteiger partial charge in [0.15, 0.2) is 0 Å². The van der Waals surface area contributed by atoms with E-state index in [0.717, 1.165) is 32.5 Å². The minimum atomic E-state index is 0.340. The van der Waals surface area contributed by atoms with Gasteiger partial charge in [0.2, 0.25) is 0 Å². The van der Waals surface area contributed by atoms with E-state index < -0.39 is 0 Å². The summed E-state index contributed by atoms with van der Waals surface area (Å²) in [5.74, 6) is 0.500. The first kappa shape index (κ1) is 16.6. The highest BCUT2D eigenvalue weighted by molar-refractivity contribution is 5.54. The number of rotatable bonds is 5. The average Bonchev–Trinajstić information content (AvgIpc) is 3.07. The van der Waals surface area contributed by atoms with Crippen LogP contribution in [0.25, 0.3) is 0 Å². The molecule has 3 nitrogen and oxygen atoms in total. The van der Waals surface area contributed by atoms with Gasteiger partial charge in [-0.25, -0.2) is 0 Å². The second kappa shape index (κ2) is 7.59. The predicted molar refractivity (Wildman–Crippen MR) is 103 cm³/mol. The summed E-state index contributed by atoms with van der Waals surface area (Å²) in [5, 5.41) is 13.1. The molecule has 0 aromatic heterocycles. The maximum Gasteiger partial charge on any atom is 0.0519 e. The van der Waals surface area contributed by atoms with Crippen molar-refractivity contribution in [3.05, 3.63) is 65.2 Å². The molecule has 2 aromatic rings. The highest BCUT2D eigenvalue weighted by Gasteiger charge is 2.23. The zero-order valence-corrected chi connectivity index (χ0v) is 14.8. The molecule has 25 heavy (non-hydrogen) atoms. The number of aryl methyl sites for hydroxylation is 1. The lowest BCUT2D eigenvalue weighted by atomic mass is 9.97. The lowest BCUT2D eigenvalue weighted by molar-refractivity contribution is 0.127. The number of likely N-dealkylation sites (tertiary alicyclic amines) is 1. The van der Waals surface area contributed by atoms with Crippen LogP contribution in [0.4, 0.5) is 5.69 Å². The van der Waals surface area contributed by atoms with Crippen LogP contribution in [0.5, 0.6) is 0 Å².